The molecule has 0 atom stereocenters. The Bertz CT molecular complexity index is 1740. The molecule has 0 bridgehead atoms. The first-order valence-corrected chi connectivity index (χ1v) is 11.1. The zero-order valence-electron chi connectivity index (χ0n) is 19.0. The third-order valence-corrected chi connectivity index (χ3v) is 5.60. The van der Waals surface area contributed by atoms with Gasteiger partial charge in [0.1, 0.15) is 12.4 Å². The molecule has 3 aromatic heterocycles. The fraction of sp³-hybridized carbons (Fsp3) is 0.0400. The summed E-state index contributed by atoms with van der Waals surface area (Å²) in [5.74, 6) is 0.354. The van der Waals surface area contributed by atoms with E-state index in [4.69, 9.17) is 14.9 Å². The first-order valence-electron chi connectivity index (χ1n) is 11.1. The normalized spacial score (nSPS) is 11.2. The van der Waals surface area contributed by atoms with Gasteiger partial charge in [-0.3, -0.25) is 4.79 Å². The zero-order valence-corrected chi connectivity index (χ0v) is 19.0. The number of nitrogens with two attached hydrogens (primary N) is 1. The number of hydrogen-bond donors (Lipinski definition) is 2. The molecule has 6 rings (SSSR count). The minimum Gasteiger partial charge on any atom is -0.379 e. The van der Waals surface area contributed by atoms with Crippen LogP contribution in [0, 0.1) is 5.82 Å². The molecule has 0 spiro atoms. The van der Waals surface area contributed by atoms with Gasteiger partial charge in [0.05, 0.1) is 11.0 Å². The van der Waals surface area contributed by atoms with Gasteiger partial charge in [0, 0.05) is 16.8 Å². The van der Waals surface area contributed by atoms with Crippen LogP contribution in [0.25, 0.3) is 45.4 Å². The molecule has 0 saturated heterocycles. The van der Waals surface area contributed by atoms with E-state index in [1.807, 2.05) is 24.3 Å². The number of fused-ring (bicyclic) bond motifs is 1. The van der Waals surface area contributed by atoms with Crippen LogP contribution in [0.5, 0.6) is 0 Å². The number of rotatable bonds is 6. The molecule has 37 heavy (non-hydrogen) atoms. The zero-order chi connectivity index (χ0) is 25.4. The number of nitrogens with one attached hydrogen (secondary N) is 1. The predicted molar refractivity (Wildman–Crippen MR) is 131 cm³/mol. The number of para-hydroxylation sites is 2. The summed E-state index contributed by atoms with van der Waals surface area (Å²) in [6.45, 7) is -0.0662. The highest BCUT2D eigenvalue weighted by molar-refractivity contribution is 5.93. The third kappa shape index (κ3) is 4.27. The Balaban J connectivity index is 1.25. The van der Waals surface area contributed by atoms with E-state index >= 15 is 0 Å². The van der Waals surface area contributed by atoms with Crippen molar-refractivity contribution in [3.63, 3.8) is 0 Å². The van der Waals surface area contributed by atoms with Crippen molar-refractivity contribution in [1.82, 2.24) is 30.0 Å². The summed E-state index contributed by atoms with van der Waals surface area (Å²) >= 11 is 0. The van der Waals surface area contributed by atoms with Crippen molar-refractivity contribution in [3.05, 3.63) is 78.6 Å². The summed E-state index contributed by atoms with van der Waals surface area (Å²) in [5.41, 5.74) is 9.28. The van der Waals surface area contributed by atoms with E-state index in [-0.39, 0.29) is 35.7 Å². The minimum atomic E-state index is -0.357. The van der Waals surface area contributed by atoms with Gasteiger partial charge in [-0.25, -0.2) is 14.0 Å². The average Bonchev–Trinajstić information content (AvgIpc) is 3.64. The lowest BCUT2D eigenvalue weighted by atomic mass is 10.2. The summed E-state index contributed by atoms with van der Waals surface area (Å²) in [4.78, 5) is 22.0. The third-order valence-electron chi connectivity index (χ3n) is 5.60. The average molecular weight is 496 g/mol. The van der Waals surface area contributed by atoms with Gasteiger partial charge in [0.25, 0.3) is 5.89 Å². The highest BCUT2D eigenvalue weighted by Gasteiger charge is 2.21. The molecule has 0 saturated carbocycles. The molecule has 11 nitrogen and oxygen atoms in total. The largest absolute Gasteiger partial charge is 0.379 e. The topological polar surface area (TPSA) is 151 Å². The van der Waals surface area contributed by atoms with Crippen LogP contribution in [0.1, 0.15) is 0 Å². The van der Waals surface area contributed by atoms with E-state index in [0.717, 1.165) is 5.52 Å². The Labute approximate surface area is 207 Å². The van der Waals surface area contributed by atoms with Crippen LogP contribution in [0.15, 0.2) is 81.9 Å². The molecule has 0 aliphatic heterocycles. The summed E-state index contributed by atoms with van der Waals surface area (Å²) in [6, 6.07) is 20.1. The molecule has 182 valence electrons. The first-order chi connectivity index (χ1) is 18.0. The molecule has 0 unspecified atom stereocenters. The predicted octanol–water partition coefficient (Wildman–Crippen LogP) is 4.16. The SMILES string of the molecule is Nc1nonc1-c1nc2ccccc2n1CC(=O)Nc1cccc(-c2noc(-c3ccc(F)cc3)n2)c1. The fourth-order valence-electron chi connectivity index (χ4n) is 3.90. The first kappa shape index (κ1) is 22.1. The molecule has 0 radical (unpaired) electrons. The van der Waals surface area contributed by atoms with Crippen LogP contribution >= 0.6 is 0 Å². The van der Waals surface area contributed by atoms with Crippen molar-refractivity contribution in [2.45, 2.75) is 6.54 Å². The van der Waals surface area contributed by atoms with E-state index in [2.05, 4.69) is 30.8 Å². The molecule has 0 fully saturated rings. The van der Waals surface area contributed by atoms with Gasteiger partial charge in [0.15, 0.2) is 17.3 Å². The minimum absolute atomic E-state index is 0.0662. The lowest BCUT2D eigenvalue weighted by Gasteiger charge is -2.09. The van der Waals surface area contributed by atoms with Crippen LogP contribution in [0.4, 0.5) is 15.9 Å². The summed E-state index contributed by atoms with van der Waals surface area (Å²) in [7, 11) is 0. The number of carbonyl (C=O) groups is 1. The second-order valence-electron chi connectivity index (χ2n) is 8.07. The second-order valence-corrected chi connectivity index (χ2v) is 8.07. The van der Waals surface area contributed by atoms with Crippen molar-refractivity contribution < 1.29 is 18.3 Å². The number of nitrogen functional groups attached to an aromatic ring is 1. The number of halogens is 1. The van der Waals surface area contributed by atoms with Gasteiger partial charge in [-0.05, 0) is 58.8 Å². The number of carbonyl (C=O) groups excluding carboxylic acids is 1. The second kappa shape index (κ2) is 9.00. The molecule has 3 heterocycles. The van der Waals surface area contributed by atoms with Gasteiger partial charge in [0.2, 0.25) is 11.7 Å². The highest BCUT2D eigenvalue weighted by Crippen LogP contribution is 2.27. The van der Waals surface area contributed by atoms with Gasteiger partial charge >= 0.3 is 0 Å². The quantitative estimate of drug-likeness (QED) is 0.346. The van der Waals surface area contributed by atoms with E-state index in [1.54, 1.807) is 41.0 Å². The van der Waals surface area contributed by atoms with E-state index in [9.17, 15) is 9.18 Å². The molecule has 0 aliphatic carbocycles. The maximum atomic E-state index is 13.2. The van der Waals surface area contributed by atoms with E-state index < -0.39 is 0 Å². The van der Waals surface area contributed by atoms with Crippen molar-refractivity contribution in [2.75, 3.05) is 11.1 Å². The molecule has 12 heteroatoms. The van der Waals surface area contributed by atoms with Gasteiger partial charge in [-0.15, -0.1) is 0 Å². The molecule has 0 aliphatic rings. The Morgan fingerprint density at radius 3 is 2.59 bits per heavy atom. The Kier molecular flexibility index (Phi) is 5.37. The number of amides is 1. The van der Waals surface area contributed by atoms with Crippen LogP contribution in [-0.4, -0.2) is 35.9 Å². The Morgan fingerprint density at radius 1 is 0.946 bits per heavy atom. The van der Waals surface area contributed by atoms with Crippen molar-refractivity contribution in [2.24, 2.45) is 0 Å². The van der Waals surface area contributed by atoms with Crippen LogP contribution < -0.4 is 11.1 Å². The highest BCUT2D eigenvalue weighted by atomic mass is 19.1. The lowest BCUT2D eigenvalue weighted by Crippen LogP contribution is -2.19. The molecular formula is C25H17FN8O3. The number of imidazole rings is 1. The number of aromatic nitrogens is 6. The maximum absolute atomic E-state index is 13.2. The Morgan fingerprint density at radius 2 is 1.78 bits per heavy atom. The van der Waals surface area contributed by atoms with Gasteiger partial charge in [-0.1, -0.05) is 29.4 Å². The van der Waals surface area contributed by atoms with Crippen molar-refractivity contribution >= 4 is 28.4 Å². The summed E-state index contributed by atoms with van der Waals surface area (Å²) in [5, 5.41) is 14.3. The fourth-order valence-corrected chi connectivity index (χ4v) is 3.90. The summed E-state index contributed by atoms with van der Waals surface area (Å²) < 4.78 is 25.0. The lowest BCUT2D eigenvalue weighted by molar-refractivity contribution is -0.116. The Hall–Kier alpha value is -5.39. The molecular weight excluding hydrogens is 479 g/mol. The maximum Gasteiger partial charge on any atom is 0.258 e. The van der Waals surface area contributed by atoms with Crippen LogP contribution in [0.3, 0.4) is 0 Å². The molecule has 1 amide bonds. The summed E-state index contributed by atoms with van der Waals surface area (Å²) in [6.07, 6.45) is 0. The molecule has 6 aromatic rings. The number of anilines is 2. The van der Waals surface area contributed by atoms with Gasteiger partial charge < -0.3 is 20.1 Å². The van der Waals surface area contributed by atoms with E-state index in [1.165, 1.54) is 12.1 Å². The van der Waals surface area contributed by atoms with Crippen molar-refractivity contribution in [1.29, 1.82) is 0 Å². The number of nitrogens with zero attached hydrogens (tertiary/aromatic N) is 6. The van der Waals surface area contributed by atoms with E-state index in [0.29, 0.717) is 34.0 Å². The smallest absolute Gasteiger partial charge is 0.258 e. The van der Waals surface area contributed by atoms with Crippen LogP contribution in [0.2, 0.25) is 0 Å². The standard InChI is InChI=1S/C25H17FN8O3/c26-16-10-8-14(9-11-16)25-30-23(33-36-25)15-4-3-5-17(12-15)28-20(35)13-34-19-7-2-1-6-18(19)29-24(34)21-22(27)32-37-31-21/h1-12H,13H2,(H2,27,32)(H,28,35). The molecule has 3 N–H and O–H groups in total. The monoisotopic (exact) mass is 496 g/mol. The number of benzene rings is 3. The molecule has 3 aromatic carbocycles. The van der Waals surface area contributed by atoms with Gasteiger partial charge in [-0.2, -0.15) is 4.98 Å². The van der Waals surface area contributed by atoms with Crippen LogP contribution in [-0.2, 0) is 11.3 Å². The number of hydrogen-bond acceptors (Lipinski definition) is 9. The van der Waals surface area contributed by atoms with Crippen molar-refractivity contribution in [3.8, 4) is 34.4 Å².